The van der Waals surface area contributed by atoms with Crippen molar-refractivity contribution in [2.24, 2.45) is 4.99 Å². The maximum Gasteiger partial charge on any atom is 0.258 e. The summed E-state index contributed by atoms with van der Waals surface area (Å²) < 4.78 is 4.16. The Morgan fingerprint density at radius 2 is 2.15 bits per heavy atom. The number of aryl methyl sites for hydroxylation is 1. The fourth-order valence-corrected chi connectivity index (χ4v) is 5.70. The molecule has 3 rings (SSSR count). The summed E-state index contributed by atoms with van der Waals surface area (Å²) in [5.74, 6) is 0.525. The van der Waals surface area contributed by atoms with Crippen LogP contribution in [0, 0.1) is 0 Å². The number of rotatable bonds is 5. The number of nitrogens with zero attached hydrogens (tertiary/aromatic N) is 3. The first kappa shape index (κ1) is 20.6. The lowest BCUT2D eigenvalue weighted by Gasteiger charge is -2.33. The van der Waals surface area contributed by atoms with Gasteiger partial charge >= 0.3 is 0 Å². The number of benzene rings is 1. The molecule has 0 aliphatic carbocycles. The number of thioether (sulfide) groups is 1. The van der Waals surface area contributed by atoms with Gasteiger partial charge in [0.1, 0.15) is 0 Å². The summed E-state index contributed by atoms with van der Waals surface area (Å²) in [5, 5.41) is 0. The molecule has 0 radical (unpaired) electrons. The van der Waals surface area contributed by atoms with Crippen molar-refractivity contribution in [3.8, 4) is 0 Å². The van der Waals surface area contributed by atoms with Crippen LogP contribution in [0.3, 0.4) is 0 Å². The lowest BCUT2D eigenvalue weighted by molar-refractivity contribution is -0.131. The number of carbonyl (C=O) groups is 2. The molecule has 1 saturated heterocycles. The second kappa shape index (κ2) is 9.39. The SMILES string of the molecule is CCn1c(=NC(=O)CSCC(=O)N2CCCCC2C)sc2cc(Br)ccc21. The van der Waals surface area contributed by atoms with E-state index in [2.05, 4.69) is 32.4 Å². The molecule has 1 unspecified atom stereocenters. The van der Waals surface area contributed by atoms with Crippen molar-refractivity contribution in [3.63, 3.8) is 0 Å². The number of thiazole rings is 1. The second-order valence-corrected chi connectivity index (χ2v) is 9.58. The van der Waals surface area contributed by atoms with Crippen molar-refractivity contribution < 1.29 is 9.59 Å². The lowest BCUT2D eigenvalue weighted by atomic mass is 10.0. The number of aromatic nitrogens is 1. The Morgan fingerprint density at radius 3 is 2.89 bits per heavy atom. The third-order valence-electron chi connectivity index (χ3n) is 4.76. The van der Waals surface area contributed by atoms with Gasteiger partial charge in [0.25, 0.3) is 5.91 Å². The van der Waals surface area contributed by atoms with E-state index in [-0.39, 0.29) is 17.6 Å². The zero-order valence-corrected chi connectivity index (χ0v) is 18.8. The van der Waals surface area contributed by atoms with Gasteiger partial charge in [0, 0.05) is 23.6 Å². The zero-order valence-electron chi connectivity index (χ0n) is 15.6. The molecule has 0 saturated carbocycles. The molecule has 1 aliphatic rings. The normalized spacial score (nSPS) is 18.3. The van der Waals surface area contributed by atoms with E-state index in [1.54, 1.807) is 0 Å². The molecule has 0 N–H and O–H groups in total. The van der Waals surface area contributed by atoms with Crippen LogP contribution in [0.2, 0.25) is 0 Å². The number of carbonyl (C=O) groups excluding carboxylic acids is 2. The van der Waals surface area contributed by atoms with E-state index in [0.717, 1.165) is 40.6 Å². The molecule has 8 heteroatoms. The highest BCUT2D eigenvalue weighted by Gasteiger charge is 2.22. The van der Waals surface area contributed by atoms with Gasteiger partial charge in [0.15, 0.2) is 4.80 Å². The van der Waals surface area contributed by atoms with Crippen LogP contribution in [-0.2, 0) is 16.1 Å². The third-order valence-corrected chi connectivity index (χ3v) is 7.19. The summed E-state index contributed by atoms with van der Waals surface area (Å²) in [5.41, 5.74) is 1.08. The van der Waals surface area contributed by atoms with E-state index < -0.39 is 0 Å². The lowest BCUT2D eigenvalue weighted by Crippen LogP contribution is -2.43. The largest absolute Gasteiger partial charge is 0.339 e. The molecule has 146 valence electrons. The molecule has 0 spiro atoms. The van der Waals surface area contributed by atoms with E-state index in [1.807, 2.05) is 30.0 Å². The molecule has 0 bridgehead atoms. The van der Waals surface area contributed by atoms with Crippen LogP contribution in [0.1, 0.15) is 33.1 Å². The van der Waals surface area contributed by atoms with Gasteiger partial charge in [-0.05, 0) is 51.3 Å². The number of piperidine rings is 1. The predicted molar refractivity (Wildman–Crippen MR) is 116 cm³/mol. The van der Waals surface area contributed by atoms with Crippen LogP contribution in [0.4, 0.5) is 0 Å². The number of amides is 2. The molecular formula is C19H24BrN3O2S2. The average molecular weight is 470 g/mol. The summed E-state index contributed by atoms with van der Waals surface area (Å²) in [6, 6.07) is 6.39. The van der Waals surface area contributed by atoms with Crippen molar-refractivity contribution in [1.82, 2.24) is 9.47 Å². The third kappa shape index (κ3) is 5.03. The van der Waals surface area contributed by atoms with Gasteiger partial charge < -0.3 is 9.47 Å². The smallest absolute Gasteiger partial charge is 0.258 e. The Kier molecular flexibility index (Phi) is 7.16. The standard InChI is InChI=1S/C19H24BrN3O2S2/c1-3-22-15-8-7-14(20)10-16(15)27-19(22)21-17(24)11-26-12-18(25)23-9-5-4-6-13(23)2/h7-8,10,13H,3-6,9,11-12H2,1-2H3. The number of hydrogen-bond donors (Lipinski definition) is 0. The fourth-order valence-electron chi connectivity index (χ4n) is 3.35. The summed E-state index contributed by atoms with van der Waals surface area (Å²) >= 11 is 6.36. The van der Waals surface area contributed by atoms with Crippen molar-refractivity contribution in [2.45, 2.75) is 45.7 Å². The topological polar surface area (TPSA) is 54.7 Å². The van der Waals surface area contributed by atoms with Gasteiger partial charge in [0.2, 0.25) is 5.91 Å². The van der Waals surface area contributed by atoms with E-state index >= 15 is 0 Å². The van der Waals surface area contributed by atoms with Gasteiger partial charge in [-0.25, -0.2) is 0 Å². The van der Waals surface area contributed by atoms with E-state index in [1.165, 1.54) is 29.5 Å². The van der Waals surface area contributed by atoms with Gasteiger partial charge in [-0.15, -0.1) is 11.8 Å². The highest BCUT2D eigenvalue weighted by atomic mass is 79.9. The quantitative estimate of drug-likeness (QED) is 0.663. The number of hydrogen-bond acceptors (Lipinski definition) is 4. The van der Waals surface area contributed by atoms with Crippen molar-refractivity contribution in [2.75, 3.05) is 18.1 Å². The molecule has 1 aromatic heterocycles. The van der Waals surface area contributed by atoms with Crippen molar-refractivity contribution in [3.05, 3.63) is 27.5 Å². The van der Waals surface area contributed by atoms with E-state index in [0.29, 0.717) is 16.6 Å². The molecule has 1 atom stereocenters. The summed E-state index contributed by atoms with van der Waals surface area (Å²) in [6.07, 6.45) is 3.34. The first-order valence-electron chi connectivity index (χ1n) is 9.23. The molecule has 2 amide bonds. The minimum absolute atomic E-state index is 0.135. The summed E-state index contributed by atoms with van der Waals surface area (Å²) in [4.78, 5) is 31.6. The van der Waals surface area contributed by atoms with Crippen LogP contribution in [-0.4, -0.2) is 45.4 Å². The summed E-state index contributed by atoms with van der Waals surface area (Å²) in [7, 11) is 0. The molecule has 1 aromatic carbocycles. The van der Waals surface area contributed by atoms with Gasteiger partial charge in [0.05, 0.1) is 21.7 Å². The average Bonchev–Trinajstić information content (AvgIpc) is 2.97. The molecule has 27 heavy (non-hydrogen) atoms. The van der Waals surface area contributed by atoms with Gasteiger partial charge in [-0.2, -0.15) is 4.99 Å². The second-order valence-electron chi connectivity index (χ2n) is 6.67. The van der Waals surface area contributed by atoms with E-state index in [4.69, 9.17) is 0 Å². The summed E-state index contributed by atoms with van der Waals surface area (Å²) in [6.45, 7) is 5.75. The number of fused-ring (bicyclic) bond motifs is 1. The van der Waals surface area contributed by atoms with Crippen molar-refractivity contribution in [1.29, 1.82) is 0 Å². The molecule has 1 aliphatic heterocycles. The molecule has 1 fully saturated rings. The molecule has 2 aromatic rings. The number of halogens is 1. The van der Waals surface area contributed by atoms with Crippen LogP contribution < -0.4 is 4.80 Å². The monoisotopic (exact) mass is 469 g/mol. The Bertz CT molecular complexity index is 906. The first-order valence-corrected chi connectivity index (χ1v) is 12.0. The fraction of sp³-hybridized carbons (Fsp3) is 0.526. The van der Waals surface area contributed by atoms with Gasteiger partial charge in [-0.3, -0.25) is 9.59 Å². The minimum atomic E-state index is -0.188. The van der Waals surface area contributed by atoms with Crippen LogP contribution in [0.5, 0.6) is 0 Å². The van der Waals surface area contributed by atoms with E-state index in [9.17, 15) is 9.59 Å². The molecule has 2 heterocycles. The Balaban J connectivity index is 1.63. The Morgan fingerprint density at radius 1 is 1.33 bits per heavy atom. The molecular weight excluding hydrogens is 446 g/mol. The van der Waals surface area contributed by atoms with Crippen LogP contribution >= 0.6 is 39.0 Å². The Labute approximate surface area is 176 Å². The van der Waals surface area contributed by atoms with Crippen LogP contribution in [0.15, 0.2) is 27.7 Å². The predicted octanol–water partition coefficient (Wildman–Crippen LogP) is 4.05. The maximum absolute atomic E-state index is 12.4. The first-order chi connectivity index (χ1) is 13.0. The van der Waals surface area contributed by atoms with Crippen LogP contribution in [0.25, 0.3) is 10.2 Å². The van der Waals surface area contributed by atoms with Gasteiger partial charge in [-0.1, -0.05) is 27.3 Å². The van der Waals surface area contributed by atoms with Crippen molar-refractivity contribution >= 4 is 61.1 Å². The Hall–Kier alpha value is -1.12. The maximum atomic E-state index is 12.4. The highest BCUT2D eigenvalue weighted by Crippen LogP contribution is 2.22. The number of likely N-dealkylation sites (tertiary alicyclic amines) is 1. The zero-order chi connectivity index (χ0) is 19.4. The molecule has 5 nitrogen and oxygen atoms in total. The minimum Gasteiger partial charge on any atom is -0.339 e. The highest BCUT2D eigenvalue weighted by molar-refractivity contribution is 9.10.